The van der Waals surface area contributed by atoms with E-state index in [1.165, 1.54) is 109 Å². The fraction of sp³-hybridized carbons (Fsp3) is 0.814. The smallest absolute Gasteiger partial charge is 0.462 e. The summed E-state index contributed by atoms with van der Waals surface area (Å²) in [5, 5.41) is 0. The molecule has 0 aromatic rings. The molecule has 0 rings (SSSR count). The third kappa shape index (κ3) is 41.0. The summed E-state index contributed by atoms with van der Waals surface area (Å²) >= 11 is 0. The number of phosphoric acid groups is 1. The van der Waals surface area contributed by atoms with Crippen molar-refractivity contribution in [3.05, 3.63) is 36.5 Å². The van der Waals surface area contributed by atoms with Gasteiger partial charge in [0.05, 0.1) is 6.61 Å². The predicted octanol–water partition coefficient (Wildman–Crippen LogP) is 13.0. The molecule has 0 aromatic carbocycles. The maximum atomic E-state index is 12.4. The van der Waals surface area contributed by atoms with E-state index in [0.29, 0.717) is 12.8 Å². The van der Waals surface area contributed by atoms with Gasteiger partial charge in [-0.25, -0.2) is 4.57 Å². The van der Waals surface area contributed by atoms with Gasteiger partial charge in [-0.3, -0.25) is 14.1 Å². The molecule has 9 heteroatoms. The van der Waals surface area contributed by atoms with Crippen molar-refractivity contribution in [3.63, 3.8) is 0 Å². The second-order valence-corrected chi connectivity index (χ2v) is 15.6. The Labute approximate surface area is 319 Å². The van der Waals surface area contributed by atoms with Crippen LogP contribution in [0.1, 0.15) is 206 Å². The Hall–Kier alpha value is -1.73. The first-order chi connectivity index (χ1) is 25.3. The number of allylic oxidation sites excluding steroid dienone is 6. The Morgan fingerprint density at radius 1 is 0.500 bits per heavy atom. The van der Waals surface area contributed by atoms with E-state index in [1.54, 1.807) is 0 Å². The van der Waals surface area contributed by atoms with Gasteiger partial charge in [0, 0.05) is 12.8 Å². The van der Waals surface area contributed by atoms with Crippen LogP contribution in [0, 0.1) is 0 Å². The van der Waals surface area contributed by atoms with Crippen molar-refractivity contribution in [3.8, 4) is 0 Å². The second kappa shape index (κ2) is 39.0. The molecule has 0 aliphatic heterocycles. The molecule has 0 aliphatic carbocycles. The zero-order valence-electron chi connectivity index (χ0n) is 33.5. The van der Waals surface area contributed by atoms with Gasteiger partial charge in [0.15, 0.2) is 6.10 Å². The minimum Gasteiger partial charge on any atom is -0.462 e. The number of ether oxygens (including phenoxy) is 2. The third-order valence-corrected chi connectivity index (χ3v) is 9.65. The van der Waals surface area contributed by atoms with E-state index in [4.69, 9.17) is 19.3 Å². The maximum absolute atomic E-state index is 12.4. The third-order valence-electron chi connectivity index (χ3n) is 9.16. The zero-order chi connectivity index (χ0) is 38.2. The summed E-state index contributed by atoms with van der Waals surface area (Å²) < 4.78 is 26.4. The zero-order valence-corrected chi connectivity index (χ0v) is 34.4. The van der Waals surface area contributed by atoms with Crippen LogP contribution in [0.25, 0.3) is 0 Å². The summed E-state index contributed by atoms with van der Waals surface area (Å²) in [6.07, 6.45) is 45.7. The topological polar surface area (TPSA) is 119 Å². The number of rotatable bonds is 39. The van der Waals surface area contributed by atoms with E-state index < -0.39 is 32.5 Å². The highest BCUT2D eigenvalue weighted by Crippen LogP contribution is 2.36. The summed E-state index contributed by atoms with van der Waals surface area (Å²) in [5.74, 6) is -0.903. The molecule has 0 fully saturated rings. The summed E-state index contributed by atoms with van der Waals surface area (Å²) in [7, 11) is -4.76. The number of hydrogen-bond donors (Lipinski definition) is 2. The average Bonchev–Trinajstić information content (AvgIpc) is 3.11. The van der Waals surface area contributed by atoms with Crippen molar-refractivity contribution in [2.75, 3.05) is 13.2 Å². The monoisotopic (exact) mass is 755 g/mol. The Balaban J connectivity index is 3.94. The van der Waals surface area contributed by atoms with Crippen LogP contribution in [0.2, 0.25) is 0 Å². The molecule has 1 atom stereocenters. The summed E-state index contributed by atoms with van der Waals surface area (Å²) in [4.78, 5) is 42.8. The largest absolute Gasteiger partial charge is 0.469 e. The predicted molar refractivity (Wildman–Crippen MR) is 216 cm³/mol. The van der Waals surface area contributed by atoms with Crippen molar-refractivity contribution in [1.29, 1.82) is 0 Å². The van der Waals surface area contributed by atoms with Crippen LogP contribution >= 0.6 is 7.82 Å². The lowest BCUT2D eigenvalue weighted by atomic mass is 10.0. The Morgan fingerprint density at radius 2 is 0.865 bits per heavy atom. The molecule has 52 heavy (non-hydrogen) atoms. The van der Waals surface area contributed by atoms with Gasteiger partial charge in [-0.2, -0.15) is 0 Å². The fourth-order valence-corrected chi connectivity index (χ4v) is 6.33. The number of phosphoric ester groups is 1. The molecule has 0 aromatic heterocycles. The van der Waals surface area contributed by atoms with Gasteiger partial charge in [-0.05, 0) is 51.4 Å². The van der Waals surface area contributed by atoms with E-state index in [1.807, 2.05) is 0 Å². The molecule has 0 bridgehead atoms. The lowest BCUT2D eigenvalue weighted by molar-refractivity contribution is -0.161. The minimum absolute atomic E-state index is 0.210. The first-order valence-electron chi connectivity index (χ1n) is 21.3. The lowest BCUT2D eigenvalue weighted by Gasteiger charge is -2.18. The molecule has 8 nitrogen and oxygen atoms in total. The van der Waals surface area contributed by atoms with Crippen molar-refractivity contribution in [2.24, 2.45) is 0 Å². The van der Waals surface area contributed by atoms with Gasteiger partial charge >= 0.3 is 19.8 Å². The molecule has 0 heterocycles. The number of esters is 2. The number of hydrogen-bond acceptors (Lipinski definition) is 6. The Bertz CT molecular complexity index is 941. The molecule has 0 saturated heterocycles. The number of carbonyl (C=O) groups is 2. The number of unbranched alkanes of at least 4 members (excludes halogenated alkanes) is 23. The number of carbonyl (C=O) groups excluding carboxylic acids is 2. The van der Waals surface area contributed by atoms with Crippen LogP contribution in [0.4, 0.5) is 0 Å². The van der Waals surface area contributed by atoms with Crippen LogP contribution in [0.15, 0.2) is 36.5 Å². The van der Waals surface area contributed by atoms with Gasteiger partial charge < -0.3 is 19.3 Å². The molecule has 0 aliphatic rings. The fourth-order valence-electron chi connectivity index (χ4n) is 5.97. The van der Waals surface area contributed by atoms with Gasteiger partial charge in [0.1, 0.15) is 6.61 Å². The minimum atomic E-state index is -4.76. The Morgan fingerprint density at radius 3 is 1.33 bits per heavy atom. The standard InChI is InChI=1S/C43H79O8P/c1-3-5-7-9-11-13-15-17-19-21-23-25-27-29-31-33-35-37-42(44)49-39-41(40-50-52(46,47)48)51-43(45)38-36-34-32-30-28-26-24-22-20-18-16-14-12-10-8-6-4-2/h11,13,17,19,23,25,41H,3-10,12,14-16,18,20-22,24,26-40H2,1-2H3,(H2,46,47,48)/b13-11+,19-17+,25-23+/t41-/m1/s1. The molecule has 0 spiro atoms. The summed E-state index contributed by atoms with van der Waals surface area (Å²) in [5.41, 5.74) is 0. The van der Waals surface area contributed by atoms with E-state index in [9.17, 15) is 14.2 Å². The second-order valence-electron chi connectivity index (χ2n) is 14.3. The van der Waals surface area contributed by atoms with E-state index >= 15 is 0 Å². The lowest BCUT2D eigenvalue weighted by Crippen LogP contribution is -2.29. The van der Waals surface area contributed by atoms with Crippen LogP contribution in [-0.2, 0) is 28.2 Å². The molecule has 0 radical (unpaired) electrons. The van der Waals surface area contributed by atoms with Crippen LogP contribution in [0.3, 0.4) is 0 Å². The van der Waals surface area contributed by atoms with Crippen molar-refractivity contribution < 1.29 is 37.9 Å². The van der Waals surface area contributed by atoms with Gasteiger partial charge in [0.25, 0.3) is 0 Å². The first-order valence-corrected chi connectivity index (χ1v) is 22.8. The highest BCUT2D eigenvalue weighted by Gasteiger charge is 2.22. The molecular formula is C43H79O8P. The Kier molecular flexibility index (Phi) is 37.7. The van der Waals surface area contributed by atoms with Crippen LogP contribution in [0.5, 0.6) is 0 Å². The first kappa shape index (κ1) is 50.3. The average molecular weight is 755 g/mol. The molecule has 304 valence electrons. The highest BCUT2D eigenvalue weighted by atomic mass is 31.2. The van der Waals surface area contributed by atoms with Gasteiger partial charge in [0.2, 0.25) is 0 Å². The normalized spacial score (nSPS) is 12.8. The maximum Gasteiger partial charge on any atom is 0.469 e. The molecule has 0 amide bonds. The summed E-state index contributed by atoms with van der Waals surface area (Å²) in [6, 6.07) is 0. The van der Waals surface area contributed by atoms with E-state index in [0.717, 1.165) is 57.8 Å². The highest BCUT2D eigenvalue weighted by molar-refractivity contribution is 7.46. The van der Waals surface area contributed by atoms with Crippen molar-refractivity contribution in [1.82, 2.24) is 0 Å². The van der Waals surface area contributed by atoms with Crippen LogP contribution < -0.4 is 0 Å². The molecular weight excluding hydrogens is 675 g/mol. The van der Waals surface area contributed by atoms with Gasteiger partial charge in [-0.1, -0.05) is 179 Å². The molecule has 2 N–H and O–H groups in total. The van der Waals surface area contributed by atoms with Crippen LogP contribution in [-0.4, -0.2) is 41.0 Å². The van der Waals surface area contributed by atoms with Crippen molar-refractivity contribution >= 4 is 19.8 Å². The SMILES string of the molecule is CCCCC/C=C/C/C=C/C/C=C/CCCCCCC(=O)OC[C@H](COP(=O)(O)O)OC(=O)CCCCCCCCCCCCCCCCCCC. The van der Waals surface area contributed by atoms with Gasteiger partial charge in [-0.15, -0.1) is 0 Å². The molecule has 0 saturated carbocycles. The quantitative estimate of drug-likeness (QED) is 0.0275. The van der Waals surface area contributed by atoms with Crippen molar-refractivity contribution in [2.45, 2.75) is 213 Å². The van der Waals surface area contributed by atoms with E-state index in [-0.39, 0.29) is 19.4 Å². The molecule has 0 unspecified atom stereocenters. The summed E-state index contributed by atoms with van der Waals surface area (Å²) in [6.45, 7) is 3.65. The van der Waals surface area contributed by atoms with E-state index in [2.05, 4.69) is 54.8 Å².